The third kappa shape index (κ3) is 1.92. The summed E-state index contributed by atoms with van der Waals surface area (Å²) in [4.78, 5) is 12.1. The Kier molecular flexibility index (Phi) is 2.98. The predicted molar refractivity (Wildman–Crippen MR) is 85.2 cm³/mol. The zero-order valence-corrected chi connectivity index (χ0v) is 12.0. The van der Waals surface area contributed by atoms with Crippen LogP contribution in [0.25, 0.3) is 32.9 Å². The molecule has 2 aromatic heterocycles. The third-order valence-electron chi connectivity index (χ3n) is 3.60. The number of aromatic nitrogens is 3. The number of fused-ring (bicyclic) bond motifs is 2. The van der Waals surface area contributed by atoms with Crippen LogP contribution < -0.4 is 0 Å². The maximum atomic E-state index is 14.8. The molecule has 4 aromatic rings. The number of hydrogen-bond donors (Lipinski definition) is 0. The summed E-state index contributed by atoms with van der Waals surface area (Å²) in [6.07, 6.45) is 4.44. The van der Waals surface area contributed by atoms with Crippen LogP contribution in [-0.4, -0.2) is 15.0 Å². The lowest BCUT2D eigenvalue weighted by atomic mass is 10.0. The molecule has 0 spiro atoms. The van der Waals surface area contributed by atoms with Crippen molar-refractivity contribution in [2.45, 2.75) is 0 Å². The molecule has 0 aliphatic heterocycles. The molecule has 0 atom stereocenters. The quantitative estimate of drug-likeness (QED) is 0.514. The van der Waals surface area contributed by atoms with E-state index in [0.29, 0.717) is 16.0 Å². The molecule has 0 radical (unpaired) electrons. The molecule has 0 bridgehead atoms. The highest BCUT2D eigenvalue weighted by molar-refractivity contribution is 6.36. The molecule has 3 nitrogen and oxygen atoms in total. The number of hydrogen-bond acceptors (Lipinski definition) is 3. The monoisotopic (exact) mass is 309 g/mol. The SMILES string of the molecule is Fc1c(-c2cccc3cccc(Cl)c23)ncc2cncnc12. The first-order valence-corrected chi connectivity index (χ1v) is 7.05. The summed E-state index contributed by atoms with van der Waals surface area (Å²) in [5.74, 6) is -0.465. The lowest BCUT2D eigenvalue weighted by Gasteiger charge is -2.09. The van der Waals surface area contributed by atoms with Crippen molar-refractivity contribution < 1.29 is 4.39 Å². The molecule has 5 heteroatoms. The summed E-state index contributed by atoms with van der Waals surface area (Å²) in [6.45, 7) is 0. The van der Waals surface area contributed by atoms with Crippen LogP contribution in [0.15, 0.2) is 55.1 Å². The van der Waals surface area contributed by atoms with Gasteiger partial charge in [-0.3, -0.25) is 4.98 Å². The largest absolute Gasteiger partial charge is 0.252 e. The minimum absolute atomic E-state index is 0.241. The van der Waals surface area contributed by atoms with Crippen LogP contribution in [0.3, 0.4) is 0 Å². The van der Waals surface area contributed by atoms with E-state index in [2.05, 4.69) is 15.0 Å². The van der Waals surface area contributed by atoms with Crippen molar-refractivity contribution in [3.63, 3.8) is 0 Å². The highest BCUT2D eigenvalue weighted by Gasteiger charge is 2.15. The van der Waals surface area contributed by atoms with Crippen molar-refractivity contribution in [1.82, 2.24) is 15.0 Å². The molecule has 0 unspecified atom stereocenters. The molecule has 2 heterocycles. The van der Waals surface area contributed by atoms with E-state index >= 15 is 0 Å². The van der Waals surface area contributed by atoms with Gasteiger partial charge in [-0.25, -0.2) is 14.4 Å². The summed E-state index contributed by atoms with van der Waals surface area (Å²) >= 11 is 6.31. The Morgan fingerprint density at radius 3 is 2.59 bits per heavy atom. The number of nitrogens with zero attached hydrogens (tertiary/aromatic N) is 3. The molecular weight excluding hydrogens is 301 g/mol. The molecule has 0 N–H and O–H groups in total. The summed E-state index contributed by atoms with van der Waals surface area (Å²) in [5, 5.41) is 2.85. The molecule has 0 aliphatic rings. The van der Waals surface area contributed by atoms with Gasteiger partial charge < -0.3 is 0 Å². The van der Waals surface area contributed by atoms with Crippen LogP contribution in [0, 0.1) is 5.82 Å². The van der Waals surface area contributed by atoms with E-state index in [-0.39, 0.29) is 11.2 Å². The van der Waals surface area contributed by atoms with Gasteiger partial charge in [-0.1, -0.05) is 41.9 Å². The highest BCUT2D eigenvalue weighted by atomic mass is 35.5. The lowest BCUT2D eigenvalue weighted by molar-refractivity contribution is 0.635. The van der Waals surface area contributed by atoms with E-state index in [4.69, 9.17) is 11.6 Å². The van der Waals surface area contributed by atoms with Gasteiger partial charge in [-0.2, -0.15) is 0 Å². The first kappa shape index (κ1) is 13.1. The van der Waals surface area contributed by atoms with E-state index in [1.54, 1.807) is 12.3 Å². The van der Waals surface area contributed by atoms with E-state index in [9.17, 15) is 4.39 Å². The Bertz CT molecular complexity index is 1010. The van der Waals surface area contributed by atoms with Gasteiger partial charge in [0.25, 0.3) is 0 Å². The van der Waals surface area contributed by atoms with Crippen molar-refractivity contribution in [3.05, 3.63) is 66.0 Å². The van der Waals surface area contributed by atoms with Gasteiger partial charge in [-0.15, -0.1) is 0 Å². The van der Waals surface area contributed by atoms with Crippen LogP contribution in [0.1, 0.15) is 0 Å². The molecular formula is C17H9ClFN3. The van der Waals surface area contributed by atoms with E-state index < -0.39 is 5.82 Å². The van der Waals surface area contributed by atoms with Crippen molar-refractivity contribution >= 4 is 33.3 Å². The zero-order valence-electron chi connectivity index (χ0n) is 11.3. The number of benzene rings is 2. The summed E-state index contributed by atoms with van der Waals surface area (Å²) in [5.41, 5.74) is 1.15. The van der Waals surface area contributed by atoms with Crippen molar-refractivity contribution in [2.24, 2.45) is 0 Å². The van der Waals surface area contributed by atoms with Gasteiger partial charge in [0.05, 0.1) is 0 Å². The second kappa shape index (κ2) is 5.00. The average molecular weight is 310 g/mol. The number of halogens is 2. The Hall–Kier alpha value is -2.59. The maximum absolute atomic E-state index is 14.8. The van der Waals surface area contributed by atoms with Crippen LogP contribution >= 0.6 is 11.6 Å². The molecule has 22 heavy (non-hydrogen) atoms. The van der Waals surface area contributed by atoms with Crippen LogP contribution in [0.4, 0.5) is 4.39 Å². The zero-order chi connectivity index (χ0) is 15.1. The van der Waals surface area contributed by atoms with Gasteiger partial charge in [0, 0.05) is 33.8 Å². The minimum atomic E-state index is -0.465. The summed E-state index contributed by atoms with van der Waals surface area (Å²) in [6, 6.07) is 11.2. The first-order chi connectivity index (χ1) is 10.8. The van der Waals surface area contributed by atoms with Crippen molar-refractivity contribution in [3.8, 4) is 11.3 Å². The molecule has 0 saturated carbocycles. The van der Waals surface area contributed by atoms with Crippen LogP contribution in [-0.2, 0) is 0 Å². The second-order valence-electron chi connectivity index (χ2n) is 4.89. The molecule has 2 aromatic carbocycles. The van der Waals surface area contributed by atoms with Gasteiger partial charge in [-0.05, 0) is 11.5 Å². The van der Waals surface area contributed by atoms with Crippen LogP contribution in [0.2, 0.25) is 5.02 Å². The standard InChI is InChI=1S/C17H9ClFN3/c18-13-6-2-4-10-3-1-5-12(14(10)13)17-15(19)16-11(8-21-17)7-20-9-22-16/h1-9H. The number of rotatable bonds is 1. The van der Waals surface area contributed by atoms with Crippen LogP contribution in [0.5, 0.6) is 0 Å². The predicted octanol–water partition coefficient (Wildman–Crippen LogP) is 4.64. The van der Waals surface area contributed by atoms with Gasteiger partial charge in [0.2, 0.25) is 0 Å². The third-order valence-corrected chi connectivity index (χ3v) is 3.91. The molecule has 106 valence electrons. The van der Waals surface area contributed by atoms with Gasteiger partial charge in [0.1, 0.15) is 17.5 Å². The lowest BCUT2D eigenvalue weighted by Crippen LogP contribution is -1.95. The van der Waals surface area contributed by atoms with Crippen molar-refractivity contribution in [1.29, 1.82) is 0 Å². The molecule has 0 aliphatic carbocycles. The van der Waals surface area contributed by atoms with Crippen molar-refractivity contribution in [2.75, 3.05) is 0 Å². The highest BCUT2D eigenvalue weighted by Crippen LogP contribution is 2.35. The smallest absolute Gasteiger partial charge is 0.175 e. The first-order valence-electron chi connectivity index (χ1n) is 6.67. The molecule has 0 amide bonds. The summed E-state index contributed by atoms with van der Waals surface area (Å²) in [7, 11) is 0. The fourth-order valence-corrected chi connectivity index (χ4v) is 2.89. The summed E-state index contributed by atoms with van der Waals surface area (Å²) < 4.78 is 14.8. The normalized spacial score (nSPS) is 11.2. The Morgan fingerprint density at radius 2 is 1.73 bits per heavy atom. The molecule has 0 saturated heterocycles. The van der Waals surface area contributed by atoms with Gasteiger partial charge >= 0.3 is 0 Å². The Morgan fingerprint density at radius 1 is 0.909 bits per heavy atom. The maximum Gasteiger partial charge on any atom is 0.175 e. The Balaban J connectivity index is 2.10. The number of pyridine rings is 1. The van der Waals surface area contributed by atoms with E-state index in [0.717, 1.165) is 10.8 Å². The second-order valence-corrected chi connectivity index (χ2v) is 5.30. The average Bonchev–Trinajstić information content (AvgIpc) is 2.55. The Labute approximate surface area is 130 Å². The van der Waals surface area contributed by atoms with E-state index in [1.807, 2.05) is 30.3 Å². The molecule has 4 rings (SSSR count). The molecule has 0 fully saturated rings. The minimum Gasteiger partial charge on any atom is -0.252 e. The fraction of sp³-hybridized carbons (Fsp3) is 0. The van der Waals surface area contributed by atoms with Gasteiger partial charge in [0.15, 0.2) is 5.82 Å². The van der Waals surface area contributed by atoms with E-state index in [1.165, 1.54) is 12.5 Å². The topological polar surface area (TPSA) is 38.7 Å². The fourth-order valence-electron chi connectivity index (χ4n) is 2.60.